The summed E-state index contributed by atoms with van der Waals surface area (Å²) in [5.74, 6) is 0.250. The van der Waals surface area contributed by atoms with Crippen molar-refractivity contribution in [3.05, 3.63) is 30.3 Å². The summed E-state index contributed by atoms with van der Waals surface area (Å²) in [5, 5.41) is 2.90. The number of hydrogen-bond acceptors (Lipinski definition) is 4. The standard InChI is InChI=1S/C19H29N3O2S/c1-4-15(2)20-18(23)14-21-10-12-22(13-11-21)19(24)16(3)25-17-8-6-5-7-9-17/h5-9,15-16H,4,10-14H2,1-3H3,(H,20,23). The lowest BCUT2D eigenvalue weighted by molar-refractivity contribution is -0.132. The molecule has 5 nitrogen and oxygen atoms in total. The van der Waals surface area contributed by atoms with Crippen molar-refractivity contribution >= 4 is 23.6 Å². The molecule has 0 aromatic heterocycles. The van der Waals surface area contributed by atoms with Crippen molar-refractivity contribution in [2.75, 3.05) is 32.7 Å². The monoisotopic (exact) mass is 363 g/mol. The van der Waals surface area contributed by atoms with E-state index in [1.165, 1.54) is 0 Å². The maximum atomic E-state index is 12.6. The number of carbonyl (C=O) groups is 2. The van der Waals surface area contributed by atoms with E-state index in [4.69, 9.17) is 0 Å². The fourth-order valence-electron chi connectivity index (χ4n) is 2.76. The summed E-state index contributed by atoms with van der Waals surface area (Å²) in [7, 11) is 0. The van der Waals surface area contributed by atoms with Crippen LogP contribution < -0.4 is 5.32 Å². The lowest BCUT2D eigenvalue weighted by Crippen LogP contribution is -2.53. The minimum absolute atomic E-state index is 0.0714. The molecule has 0 saturated carbocycles. The third kappa shape index (κ3) is 6.36. The number of hydrogen-bond donors (Lipinski definition) is 1. The number of amides is 2. The Morgan fingerprint density at radius 3 is 2.36 bits per heavy atom. The van der Waals surface area contributed by atoms with Crippen LogP contribution in [0.25, 0.3) is 0 Å². The average molecular weight is 364 g/mol. The molecule has 1 N–H and O–H groups in total. The molecule has 1 fully saturated rings. The molecule has 6 heteroatoms. The van der Waals surface area contributed by atoms with Crippen LogP contribution in [0.4, 0.5) is 0 Å². The van der Waals surface area contributed by atoms with Crippen molar-refractivity contribution in [1.82, 2.24) is 15.1 Å². The fourth-order valence-corrected chi connectivity index (χ4v) is 3.74. The van der Waals surface area contributed by atoms with Crippen molar-refractivity contribution in [3.8, 4) is 0 Å². The normalized spacial score (nSPS) is 17.8. The molecule has 2 amide bonds. The molecule has 2 atom stereocenters. The number of benzene rings is 1. The van der Waals surface area contributed by atoms with Gasteiger partial charge in [-0.25, -0.2) is 0 Å². The van der Waals surface area contributed by atoms with Gasteiger partial charge in [0.15, 0.2) is 0 Å². The van der Waals surface area contributed by atoms with Gasteiger partial charge in [0.25, 0.3) is 0 Å². The summed E-state index contributed by atoms with van der Waals surface area (Å²) in [6.45, 7) is 9.34. The Labute approximate surface area is 155 Å². The first-order valence-electron chi connectivity index (χ1n) is 9.01. The van der Waals surface area contributed by atoms with Crippen LogP contribution in [0, 0.1) is 0 Å². The Hall–Kier alpha value is -1.53. The van der Waals surface area contributed by atoms with Crippen molar-refractivity contribution in [2.24, 2.45) is 0 Å². The van der Waals surface area contributed by atoms with Crippen LogP contribution in [0.1, 0.15) is 27.2 Å². The fraction of sp³-hybridized carbons (Fsp3) is 0.579. The highest BCUT2D eigenvalue weighted by Gasteiger charge is 2.26. The number of thioether (sulfide) groups is 1. The van der Waals surface area contributed by atoms with Gasteiger partial charge in [0.1, 0.15) is 0 Å². The van der Waals surface area contributed by atoms with Crippen LogP contribution in [0.15, 0.2) is 35.2 Å². The predicted octanol–water partition coefficient (Wildman–Crippen LogP) is 2.23. The number of carbonyl (C=O) groups excluding carboxylic acids is 2. The zero-order chi connectivity index (χ0) is 18.2. The van der Waals surface area contributed by atoms with E-state index < -0.39 is 0 Å². The van der Waals surface area contributed by atoms with E-state index in [1.54, 1.807) is 11.8 Å². The topological polar surface area (TPSA) is 52.7 Å². The van der Waals surface area contributed by atoms with E-state index in [0.717, 1.165) is 24.4 Å². The molecule has 1 heterocycles. The van der Waals surface area contributed by atoms with Crippen molar-refractivity contribution in [2.45, 2.75) is 43.4 Å². The molecule has 138 valence electrons. The van der Waals surface area contributed by atoms with Crippen LogP contribution in [-0.4, -0.2) is 65.6 Å². The lowest BCUT2D eigenvalue weighted by atomic mass is 10.2. The molecule has 0 bridgehead atoms. The van der Waals surface area contributed by atoms with E-state index in [-0.39, 0.29) is 23.1 Å². The second-order valence-corrected chi connectivity index (χ2v) is 7.97. The summed E-state index contributed by atoms with van der Waals surface area (Å²) in [6, 6.07) is 10.2. The second kappa shape index (κ2) is 9.82. The predicted molar refractivity (Wildman–Crippen MR) is 103 cm³/mol. The Balaban J connectivity index is 1.75. The van der Waals surface area contributed by atoms with Gasteiger partial charge in [-0.3, -0.25) is 14.5 Å². The van der Waals surface area contributed by atoms with Gasteiger partial charge >= 0.3 is 0 Å². The Kier molecular flexibility index (Phi) is 7.78. The van der Waals surface area contributed by atoms with E-state index in [9.17, 15) is 9.59 Å². The van der Waals surface area contributed by atoms with E-state index in [0.29, 0.717) is 19.6 Å². The molecular formula is C19H29N3O2S. The molecule has 25 heavy (non-hydrogen) atoms. The quantitative estimate of drug-likeness (QED) is 0.755. The number of nitrogens with one attached hydrogen (secondary N) is 1. The second-order valence-electron chi connectivity index (χ2n) is 6.55. The molecule has 0 aliphatic carbocycles. The minimum atomic E-state index is -0.0948. The highest BCUT2D eigenvalue weighted by molar-refractivity contribution is 8.00. The third-order valence-electron chi connectivity index (χ3n) is 4.47. The van der Waals surface area contributed by atoms with Gasteiger partial charge in [-0.15, -0.1) is 11.8 Å². The van der Waals surface area contributed by atoms with Gasteiger partial charge in [-0.05, 0) is 32.4 Å². The van der Waals surface area contributed by atoms with Gasteiger partial charge in [-0.1, -0.05) is 25.1 Å². The first kappa shape index (κ1) is 19.8. The summed E-state index contributed by atoms with van der Waals surface area (Å²) >= 11 is 1.60. The van der Waals surface area contributed by atoms with Crippen LogP contribution in [-0.2, 0) is 9.59 Å². The van der Waals surface area contributed by atoms with Crippen molar-refractivity contribution < 1.29 is 9.59 Å². The minimum Gasteiger partial charge on any atom is -0.353 e. The number of nitrogens with zero attached hydrogens (tertiary/aromatic N) is 2. The Bertz CT molecular complexity index is 559. The largest absolute Gasteiger partial charge is 0.353 e. The highest BCUT2D eigenvalue weighted by Crippen LogP contribution is 2.24. The molecule has 2 unspecified atom stereocenters. The van der Waals surface area contributed by atoms with E-state index in [2.05, 4.69) is 17.1 Å². The molecule has 1 aliphatic rings. The van der Waals surface area contributed by atoms with Crippen LogP contribution in [0.2, 0.25) is 0 Å². The molecule has 1 aliphatic heterocycles. The summed E-state index contributed by atoms with van der Waals surface area (Å²) < 4.78 is 0. The summed E-state index contributed by atoms with van der Waals surface area (Å²) in [5.41, 5.74) is 0. The lowest BCUT2D eigenvalue weighted by Gasteiger charge is -2.35. The van der Waals surface area contributed by atoms with Crippen LogP contribution in [0.5, 0.6) is 0 Å². The molecule has 1 aromatic carbocycles. The van der Waals surface area contributed by atoms with Gasteiger partial charge in [-0.2, -0.15) is 0 Å². The first-order valence-corrected chi connectivity index (χ1v) is 9.89. The van der Waals surface area contributed by atoms with Crippen LogP contribution in [0.3, 0.4) is 0 Å². The van der Waals surface area contributed by atoms with Crippen molar-refractivity contribution in [1.29, 1.82) is 0 Å². The first-order chi connectivity index (χ1) is 12.0. The molecule has 2 rings (SSSR count). The molecule has 0 spiro atoms. The summed E-state index contributed by atoms with van der Waals surface area (Å²) in [4.78, 5) is 29.8. The summed E-state index contributed by atoms with van der Waals surface area (Å²) in [6.07, 6.45) is 0.936. The van der Waals surface area contributed by atoms with Crippen molar-refractivity contribution in [3.63, 3.8) is 0 Å². The third-order valence-corrected chi connectivity index (χ3v) is 5.57. The zero-order valence-corrected chi connectivity index (χ0v) is 16.2. The van der Waals surface area contributed by atoms with Gasteiger partial charge in [0.05, 0.1) is 11.8 Å². The maximum absolute atomic E-state index is 12.6. The molecule has 1 aromatic rings. The Morgan fingerprint density at radius 2 is 1.76 bits per heavy atom. The average Bonchev–Trinajstić information content (AvgIpc) is 2.62. The smallest absolute Gasteiger partial charge is 0.235 e. The van der Waals surface area contributed by atoms with E-state index >= 15 is 0 Å². The molecule has 0 radical (unpaired) electrons. The van der Waals surface area contributed by atoms with Gasteiger partial charge in [0, 0.05) is 37.1 Å². The molecular weight excluding hydrogens is 334 g/mol. The number of rotatable bonds is 7. The van der Waals surface area contributed by atoms with Gasteiger partial charge in [0.2, 0.25) is 11.8 Å². The maximum Gasteiger partial charge on any atom is 0.235 e. The number of piperazine rings is 1. The molecule has 1 saturated heterocycles. The van der Waals surface area contributed by atoms with Crippen LogP contribution >= 0.6 is 11.8 Å². The van der Waals surface area contributed by atoms with Gasteiger partial charge < -0.3 is 10.2 Å². The van der Waals surface area contributed by atoms with E-state index in [1.807, 2.05) is 49.1 Å². The zero-order valence-electron chi connectivity index (χ0n) is 15.4. The Morgan fingerprint density at radius 1 is 1.12 bits per heavy atom. The SMILES string of the molecule is CCC(C)NC(=O)CN1CCN(C(=O)C(C)Sc2ccccc2)CC1. The highest BCUT2D eigenvalue weighted by atomic mass is 32.2.